The summed E-state index contributed by atoms with van der Waals surface area (Å²) in [4.78, 5) is 15.6. The zero-order valence-electron chi connectivity index (χ0n) is 15.9. The summed E-state index contributed by atoms with van der Waals surface area (Å²) < 4.78 is 0. The molecule has 0 radical (unpaired) electrons. The van der Waals surface area contributed by atoms with Crippen LogP contribution in [0.4, 0.5) is 5.69 Å². The van der Waals surface area contributed by atoms with Crippen LogP contribution < -0.4 is 5.32 Å². The van der Waals surface area contributed by atoms with Gasteiger partial charge in [-0.25, -0.2) is 0 Å². The van der Waals surface area contributed by atoms with Crippen molar-refractivity contribution in [2.24, 2.45) is 0 Å². The number of carbonyl (C=O) groups is 1. The van der Waals surface area contributed by atoms with Gasteiger partial charge in [0.05, 0.1) is 11.6 Å². The molecule has 0 heterocycles. The summed E-state index contributed by atoms with van der Waals surface area (Å²) in [7, 11) is 0. The highest BCUT2D eigenvalue weighted by atomic mass is 32.2. The summed E-state index contributed by atoms with van der Waals surface area (Å²) in [5.74, 6) is -0.407. The lowest BCUT2D eigenvalue weighted by molar-refractivity contribution is -0.116. The number of anilines is 1. The minimum absolute atomic E-state index is 0.0384. The van der Waals surface area contributed by atoms with Crippen molar-refractivity contribution in [1.82, 2.24) is 0 Å². The predicted octanol–water partition coefficient (Wildman–Crippen LogP) is 6.61. The Hall–Kier alpha value is -3.30. The molecule has 142 valence electrons. The first-order chi connectivity index (χ1) is 14.3. The molecule has 0 aliphatic carbocycles. The van der Waals surface area contributed by atoms with E-state index in [1.165, 1.54) is 0 Å². The summed E-state index contributed by atoms with van der Waals surface area (Å²) in [6.07, 6.45) is 0. The molecule has 1 N–H and O–H groups in total. The van der Waals surface area contributed by atoms with Crippen molar-refractivity contribution in [2.45, 2.75) is 15.7 Å². The van der Waals surface area contributed by atoms with Crippen LogP contribution in [0.15, 0.2) is 125 Å². The van der Waals surface area contributed by atoms with E-state index in [1.807, 2.05) is 103 Å². The molecule has 4 aromatic carbocycles. The highest BCUT2D eigenvalue weighted by molar-refractivity contribution is 7.99. The normalized spacial score (nSPS) is 10.7. The standard InChI is InChI=1S/C26H21NOS/c28-26(25(20-12-4-1-5-13-20)21-14-6-2-7-15-21)27-23-18-10-11-19-24(23)29-22-16-8-3-9-17-22/h1-19,25H,(H,27,28). The molecule has 0 saturated carbocycles. The van der Waals surface area contributed by atoms with Crippen molar-refractivity contribution in [3.63, 3.8) is 0 Å². The molecule has 0 aliphatic heterocycles. The van der Waals surface area contributed by atoms with Gasteiger partial charge < -0.3 is 5.32 Å². The van der Waals surface area contributed by atoms with Crippen LogP contribution in [0.2, 0.25) is 0 Å². The lowest BCUT2D eigenvalue weighted by Crippen LogP contribution is -2.22. The molecule has 29 heavy (non-hydrogen) atoms. The van der Waals surface area contributed by atoms with Gasteiger partial charge in [0, 0.05) is 9.79 Å². The van der Waals surface area contributed by atoms with Gasteiger partial charge in [-0.05, 0) is 35.4 Å². The van der Waals surface area contributed by atoms with Crippen LogP contribution in [0.5, 0.6) is 0 Å². The first-order valence-corrected chi connectivity index (χ1v) is 10.4. The monoisotopic (exact) mass is 395 g/mol. The Bertz CT molecular complexity index is 1030. The molecular formula is C26H21NOS. The van der Waals surface area contributed by atoms with Crippen molar-refractivity contribution in [1.29, 1.82) is 0 Å². The predicted molar refractivity (Wildman–Crippen MR) is 120 cm³/mol. The zero-order chi connectivity index (χ0) is 19.9. The number of nitrogens with one attached hydrogen (secondary N) is 1. The number of rotatable bonds is 6. The Morgan fingerprint density at radius 2 is 1.10 bits per heavy atom. The molecule has 3 heteroatoms. The van der Waals surface area contributed by atoms with Gasteiger partial charge in [0.25, 0.3) is 0 Å². The minimum Gasteiger partial charge on any atom is -0.324 e. The molecule has 4 rings (SSSR count). The second kappa shape index (κ2) is 9.26. The molecule has 0 fully saturated rings. The molecule has 0 atom stereocenters. The SMILES string of the molecule is O=C(Nc1ccccc1Sc1ccccc1)C(c1ccccc1)c1ccccc1. The Labute approximate surface area is 175 Å². The van der Waals surface area contributed by atoms with Crippen LogP contribution in [0, 0.1) is 0 Å². The second-order valence-corrected chi connectivity index (χ2v) is 7.77. The Balaban J connectivity index is 1.64. The van der Waals surface area contributed by atoms with Crippen LogP contribution in [-0.2, 0) is 4.79 Å². The minimum atomic E-state index is -0.368. The van der Waals surface area contributed by atoms with Gasteiger partial charge in [-0.3, -0.25) is 4.79 Å². The fourth-order valence-electron chi connectivity index (χ4n) is 3.27. The summed E-state index contributed by atoms with van der Waals surface area (Å²) in [6, 6.07) is 37.9. The summed E-state index contributed by atoms with van der Waals surface area (Å²) in [5.41, 5.74) is 2.78. The van der Waals surface area contributed by atoms with E-state index >= 15 is 0 Å². The molecule has 2 nitrogen and oxygen atoms in total. The highest BCUT2D eigenvalue weighted by Gasteiger charge is 2.23. The van der Waals surface area contributed by atoms with Crippen LogP contribution in [0.1, 0.15) is 17.0 Å². The van der Waals surface area contributed by atoms with Gasteiger partial charge in [0.15, 0.2) is 0 Å². The topological polar surface area (TPSA) is 29.1 Å². The van der Waals surface area contributed by atoms with E-state index in [2.05, 4.69) is 17.4 Å². The van der Waals surface area contributed by atoms with E-state index in [-0.39, 0.29) is 11.8 Å². The second-order valence-electron chi connectivity index (χ2n) is 6.65. The van der Waals surface area contributed by atoms with Gasteiger partial charge in [0.2, 0.25) is 5.91 Å². The fraction of sp³-hybridized carbons (Fsp3) is 0.0385. The molecule has 0 aromatic heterocycles. The fourth-order valence-corrected chi connectivity index (χ4v) is 4.19. The van der Waals surface area contributed by atoms with Crippen molar-refractivity contribution in [3.8, 4) is 0 Å². The van der Waals surface area contributed by atoms with Crippen molar-refractivity contribution in [3.05, 3.63) is 126 Å². The quantitative estimate of drug-likeness (QED) is 0.398. The number of benzene rings is 4. The maximum atomic E-state index is 13.4. The molecule has 0 saturated heterocycles. The van der Waals surface area contributed by atoms with E-state index in [9.17, 15) is 4.79 Å². The molecule has 0 bridgehead atoms. The first kappa shape index (κ1) is 19.0. The summed E-state index contributed by atoms with van der Waals surface area (Å²) >= 11 is 1.64. The lowest BCUT2D eigenvalue weighted by Gasteiger charge is -2.19. The summed E-state index contributed by atoms with van der Waals surface area (Å²) in [5, 5.41) is 3.17. The molecule has 1 amide bonds. The zero-order valence-corrected chi connectivity index (χ0v) is 16.7. The number of hydrogen-bond acceptors (Lipinski definition) is 2. The van der Waals surface area contributed by atoms with Crippen LogP contribution in [-0.4, -0.2) is 5.91 Å². The van der Waals surface area contributed by atoms with Crippen molar-refractivity contribution < 1.29 is 4.79 Å². The highest BCUT2D eigenvalue weighted by Crippen LogP contribution is 2.34. The van der Waals surface area contributed by atoms with Gasteiger partial charge >= 0.3 is 0 Å². The largest absolute Gasteiger partial charge is 0.324 e. The van der Waals surface area contributed by atoms with E-state index in [1.54, 1.807) is 11.8 Å². The van der Waals surface area contributed by atoms with E-state index in [0.717, 1.165) is 26.6 Å². The maximum absolute atomic E-state index is 13.4. The molecule has 0 spiro atoms. The number of para-hydroxylation sites is 1. The average Bonchev–Trinajstić information content (AvgIpc) is 2.78. The van der Waals surface area contributed by atoms with E-state index in [0.29, 0.717) is 0 Å². The molecular weight excluding hydrogens is 374 g/mol. The first-order valence-electron chi connectivity index (χ1n) is 9.54. The van der Waals surface area contributed by atoms with E-state index < -0.39 is 0 Å². The maximum Gasteiger partial charge on any atom is 0.236 e. The van der Waals surface area contributed by atoms with Crippen LogP contribution in [0.25, 0.3) is 0 Å². The van der Waals surface area contributed by atoms with Crippen LogP contribution >= 0.6 is 11.8 Å². The van der Waals surface area contributed by atoms with Gasteiger partial charge in [-0.2, -0.15) is 0 Å². The van der Waals surface area contributed by atoms with Gasteiger partial charge in [-0.15, -0.1) is 0 Å². The van der Waals surface area contributed by atoms with Crippen molar-refractivity contribution >= 4 is 23.4 Å². The van der Waals surface area contributed by atoms with Gasteiger partial charge in [-0.1, -0.05) is 103 Å². The lowest BCUT2D eigenvalue weighted by atomic mass is 9.90. The molecule has 0 unspecified atom stereocenters. The Morgan fingerprint density at radius 3 is 1.69 bits per heavy atom. The average molecular weight is 396 g/mol. The van der Waals surface area contributed by atoms with Crippen LogP contribution in [0.3, 0.4) is 0 Å². The Kier molecular flexibility index (Phi) is 6.08. The van der Waals surface area contributed by atoms with Gasteiger partial charge in [0.1, 0.15) is 0 Å². The summed E-state index contributed by atoms with van der Waals surface area (Å²) in [6.45, 7) is 0. The van der Waals surface area contributed by atoms with E-state index in [4.69, 9.17) is 0 Å². The number of amides is 1. The third-order valence-electron chi connectivity index (χ3n) is 4.64. The Morgan fingerprint density at radius 1 is 0.621 bits per heavy atom. The third-order valence-corrected chi connectivity index (χ3v) is 5.73. The third kappa shape index (κ3) is 4.76. The number of hydrogen-bond donors (Lipinski definition) is 1. The smallest absolute Gasteiger partial charge is 0.236 e. The van der Waals surface area contributed by atoms with Crippen molar-refractivity contribution in [2.75, 3.05) is 5.32 Å². The molecule has 0 aliphatic rings. The number of carbonyl (C=O) groups excluding carboxylic acids is 1. The molecule has 4 aromatic rings.